The van der Waals surface area contributed by atoms with Crippen LogP contribution in [0.4, 0.5) is 5.69 Å². The van der Waals surface area contributed by atoms with Gasteiger partial charge in [0.05, 0.1) is 17.7 Å². The Morgan fingerprint density at radius 2 is 1.76 bits per heavy atom. The summed E-state index contributed by atoms with van der Waals surface area (Å²) in [6.45, 7) is 7.57. The van der Waals surface area contributed by atoms with Crippen LogP contribution >= 0.6 is 15.9 Å². The number of carbonyl (C=O) groups excluding carboxylic acids is 1. The molecule has 0 atom stereocenters. The van der Waals surface area contributed by atoms with Crippen LogP contribution in [-0.2, 0) is 20.2 Å². The highest BCUT2D eigenvalue weighted by Gasteiger charge is 2.30. The summed E-state index contributed by atoms with van der Waals surface area (Å²) in [5.74, 6) is -0.0362. The lowest BCUT2D eigenvalue weighted by Gasteiger charge is -2.16. The van der Waals surface area contributed by atoms with Gasteiger partial charge in [-0.05, 0) is 48.9 Å². The maximum Gasteiger partial charge on any atom is 0.342 e. The van der Waals surface area contributed by atoms with Crippen molar-refractivity contribution >= 4 is 48.6 Å². The van der Waals surface area contributed by atoms with Crippen LogP contribution in [0.3, 0.4) is 0 Å². The Hall–Kier alpha value is -2.32. The Bertz CT molecular complexity index is 1190. The van der Waals surface area contributed by atoms with E-state index < -0.39 is 21.4 Å². The summed E-state index contributed by atoms with van der Waals surface area (Å²) in [6, 6.07) is 9.67. The number of fused-ring (bicyclic) bond motifs is 1. The van der Waals surface area contributed by atoms with E-state index in [4.69, 9.17) is 9.15 Å². The third-order valence-electron chi connectivity index (χ3n) is 4.47. The fourth-order valence-corrected chi connectivity index (χ4v) is 4.39. The number of furan rings is 1. The van der Waals surface area contributed by atoms with Gasteiger partial charge < -0.3 is 9.15 Å². The van der Waals surface area contributed by atoms with Gasteiger partial charge in [-0.15, -0.1) is 0 Å². The molecular weight excluding hydrogens is 458 g/mol. The lowest BCUT2D eigenvalue weighted by Crippen LogP contribution is -2.16. The highest BCUT2D eigenvalue weighted by Crippen LogP contribution is 2.37. The maximum absolute atomic E-state index is 12.8. The van der Waals surface area contributed by atoms with Gasteiger partial charge in [0.2, 0.25) is 0 Å². The Morgan fingerprint density at radius 1 is 1.14 bits per heavy atom. The van der Waals surface area contributed by atoms with Crippen molar-refractivity contribution in [2.24, 2.45) is 0 Å². The third-order valence-corrected chi connectivity index (χ3v) is 6.38. The van der Waals surface area contributed by atoms with Gasteiger partial charge in [0.15, 0.2) is 0 Å². The first kappa shape index (κ1) is 21.4. The molecule has 154 valence electrons. The normalized spacial score (nSPS) is 12.2. The monoisotopic (exact) mass is 479 g/mol. The number of hydrogen-bond acceptors (Lipinski definition) is 5. The number of hydrogen-bond donors (Lipinski definition) is 1. The summed E-state index contributed by atoms with van der Waals surface area (Å²) in [5.41, 5.74) is 1.40. The number of halogens is 1. The lowest BCUT2D eigenvalue weighted by molar-refractivity contribution is 0.0598. The molecule has 0 aliphatic carbocycles. The predicted molar refractivity (Wildman–Crippen MR) is 116 cm³/mol. The fourth-order valence-electron chi connectivity index (χ4n) is 3.00. The number of esters is 1. The molecule has 3 aromatic rings. The van der Waals surface area contributed by atoms with E-state index in [0.29, 0.717) is 33.5 Å². The summed E-state index contributed by atoms with van der Waals surface area (Å²) >= 11 is 3.29. The van der Waals surface area contributed by atoms with Crippen molar-refractivity contribution in [2.75, 3.05) is 11.8 Å². The average molecular weight is 480 g/mol. The van der Waals surface area contributed by atoms with E-state index in [-0.39, 0.29) is 4.90 Å². The van der Waals surface area contributed by atoms with Crippen molar-refractivity contribution in [3.63, 3.8) is 0 Å². The SMILES string of the molecule is COC(=O)c1c(C(C)(C)C)oc2cc(C)c(NS(=O)(=O)c3ccc(Br)cc3)cc12. The maximum atomic E-state index is 12.8. The van der Waals surface area contributed by atoms with E-state index in [1.54, 1.807) is 31.2 Å². The van der Waals surface area contributed by atoms with Crippen molar-refractivity contribution in [3.8, 4) is 0 Å². The summed E-state index contributed by atoms with van der Waals surface area (Å²) < 4.78 is 39.9. The summed E-state index contributed by atoms with van der Waals surface area (Å²) in [6.07, 6.45) is 0. The van der Waals surface area contributed by atoms with Crippen molar-refractivity contribution in [2.45, 2.75) is 38.0 Å². The first-order chi connectivity index (χ1) is 13.4. The largest absolute Gasteiger partial charge is 0.465 e. The molecule has 1 N–H and O–H groups in total. The third kappa shape index (κ3) is 4.18. The second-order valence-electron chi connectivity index (χ2n) is 7.77. The standard InChI is InChI=1S/C21H22BrNO5S/c1-12-10-17-15(18(20(24)27-5)19(28-17)21(2,3)4)11-16(12)23-29(25,26)14-8-6-13(22)7-9-14/h6-11,23H,1-5H3. The molecule has 0 amide bonds. The number of anilines is 1. The van der Waals surface area contributed by atoms with Gasteiger partial charge in [-0.2, -0.15) is 0 Å². The van der Waals surface area contributed by atoms with Gasteiger partial charge in [0.25, 0.3) is 10.0 Å². The van der Waals surface area contributed by atoms with Crippen LogP contribution in [0, 0.1) is 6.92 Å². The molecule has 1 heterocycles. The van der Waals surface area contributed by atoms with Crippen molar-refractivity contribution in [3.05, 3.63) is 57.8 Å². The van der Waals surface area contributed by atoms with Crippen molar-refractivity contribution < 1.29 is 22.4 Å². The molecule has 0 spiro atoms. The zero-order valence-electron chi connectivity index (χ0n) is 16.8. The predicted octanol–water partition coefficient (Wildman–Crippen LogP) is 5.39. The van der Waals surface area contributed by atoms with E-state index in [1.807, 2.05) is 20.8 Å². The minimum absolute atomic E-state index is 0.135. The molecule has 0 bridgehead atoms. The first-order valence-electron chi connectivity index (χ1n) is 8.88. The molecule has 8 heteroatoms. The molecule has 2 aromatic carbocycles. The van der Waals surface area contributed by atoms with Crippen LogP contribution in [0.5, 0.6) is 0 Å². The Labute approximate surface area is 178 Å². The molecule has 0 fully saturated rings. The Morgan fingerprint density at radius 3 is 2.31 bits per heavy atom. The summed E-state index contributed by atoms with van der Waals surface area (Å²) in [7, 11) is -2.49. The van der Waals surface area contributed by atoms with Crippen LogP contribution in [0.25, 0.3) is 11.0 Å². The number of benzene rings is 2. The molecule has 6 nitrogen and oxygen atoms in total. The second kappa shape index (κ2) is 7.50. The molecule has 3 rings (SSSR count). The number of ether oxygens (including phenoxy) is 1. The lowest BCUT2D eigenvalue weighted by atomic mass is 9.89. The zero-order valence-corrected chi connectivity index (χ0v) is 19.2. The van der Waals surface area contributed by atoms with Gasteiger partial charge in [-0.1, -0.05) is 36.7 Å². The number of carbonyl (C=O) groups is 1. The quantitative estimate of drug-likeness (QED) is 0.507. The van der Waals surface area contributed by atoms with E-state index in [2.05, 4.69) is 20.7 Å². The van der Waals surface area contributed by atoms with E-state index in [1.165, 1.54) is 19.2 Å². The summed E-state index contributed by atoms with van der Waals surface area (Å²) in [4.78, 5) is 12.6. The number of nitrogens with one attached hydrogen (secondary N) is 1. The van der Waals surface area contributed by atoms with Gasteiger partial charge in [0.1, 0.15) is 16.9 Å². The minimum Gasteiger partial charge on any atom is -0.465 e. The number of methoxy groups -OCH3 is 1. The smallest absolute Gasteiger partial charge is 0.342 e. The Kier molecular flexibility index (Phi) is 5.53. The minimum atomic E-state index is -3.80. The van der Waals surface area contributed by atoms with Crippen molar-refractivity contribution in [1.82, 2.24) is 0 Å². The average Bonchev–Trinajstić information content (AvgIpc) is 3.00. The number of rotatable bonds is 4. The van der Waals surface area contributed by atoms with Gasteiger partial charge in [-0.3, -0.25) is 4.72 Å². The molecular formula is C21H22BrNO5S. The Balaban J connectivity index is 2.16. The molecule has 0 saturated heterocycles. The molecule has 1 aromatic heterocycles. The number of sulfonamides is 1. The van der Waals surface area contributed by atoms with E-state index in [0.717, 1.165) is 4.47 Å². The van der Waals surface area contributed by atoms with E-state index in [9.17, 15) is 13.2 Å². The van der Waals surface area contributed by atoms with Crippen LogP contribution in [0.15, 0.2) is 50.2 Å². The molecule has 0 unspecified atom stereocenters. The summed E-state index contributed by atoms with van der Waals surface area (Å²) in [5, 5.41) is 0.501. The molecule has 0 saturated carbocycles. The second-order valence-corrected chi connectivity index (χ2v) is 10.4. The fraction of sp³-hybridized carbons (Fsp3) is 0.286. The van der Waals surface area contributed by atoms with Gasteiger partial charge in [0, 0.05) is 15.3 Å². The van der Waals surface area contributed by atoms with Crippen LogP contribution in [-0.4, -0.2) is 21.5 Å². The van der Waals surface area contributed by atoms with Gasteiger partial charge >= 0.3 is 5.97 Å². The molecule has 0 aliphatic rings. The van der Waals surface area contributed by atoms with Crippen LogP contribution in [0.1, 0.15) is 42.5 Å². The molecule has 29 heavy (non-hydrogen) atoms. The molecule has 0 radical (unpaired) electrons. The van der Waals surface area contributed by atoms with Crippen LogP contribution < -0.4 is 4.72 Å². The van der Waals surface area contributed by atoms with Crippen LogP contribution in [0.2, 0.25) is 0 Å². The highest BCUT2D eigenvalue weighted by atomic mass is 79.9. The highest BCUT2D eigenvalue weighted by molar-refractivity contribution is 9.10. The van der Waals surface area contributed by atoms with Gasteiger partial charge in [-0.25, -0.2) is 13.2 Å². The first-order valence-corrected chi connectivity index (χ1v) is 11.2. The zero-order chi connectivity index (χ0) is 21.6. The topological polar surface area (TPSA) is 85.6 Å². The van der Waals surface area contributed by atoms with Crippen molar-refractivity contribution in [1.29, 1.82) is 0 Å². The molecule has 0 aliphatic heterocycles. The number of aryl methyl sites for hydroxylation is 1. The van der Waals surface area contributed by atoms with E-state index >= 15 is 0 Å².